The average Bonchev–Trinajstić information content (AvgIpc) is 2.04. The largest absolute Gasteiger partial charge is 0.299 e. The molecule has 3 atom stereocenters. The highest BCUT2D eigenvalue weighted by molar-refractivity contribution is 5.85. The molecule has 0 saturated heterocycles. The van der Waals surface area contributed by atoms with E-state index in [0.29, 0.717) is 11.7 Å². The summed E-state index contributed by atoms with van der Waals surface area (Å²) in [5, 5.41) is 0. The van der Waals surface area contributed by atoms with Gasteiger partial charge in [-0.15, -0.1) is 0 Å². The van der Waals surface area contributed by atoms with E-state index in [-0.39, 0.29) is 22.7 Å². The van der Waals surface area contributed by atoms with Gasteiger partial charge in [0, 0.05) is 11.8 Å². The fourth-order valence-corrected chi connectivity index (χ4v) is 2.94. The van der Waals surface area contributed by atoms with Gasteiger partial charge >= 0.3 is 0 Å². The smallest absolute Gasteiger partial charge is 0.140 e. The van der Waals surface area contributed by atoms with Crippen molar-refractivity contribution >= 4 is 5.78 Å². The quantitative estimate of drug-likeness (QED) is 0.599. The standard InChI is InChI=1S/C15H28O/c1-10-8-11(14(2,3)4)13(16)12(9-10)15(5,6)7/h10-12H,8-9H2,1-7H3/t10?,11-,12+. The summed E-state index contributed by atoms with van der Waals surface area (Å²) in [6.07, 6.45) is 2.16. The summed E-state index contributed by atoms with van der Waals surface area (Å²) in [5.41, 5.74) is 0.241. The van der Waals surface area contributed by atoms with Crippen molar-refractivity contribution in [2.75, 3.05) is 0 Å². The van der Waals surface area contributed by atoms with Gasteiger partial charge in [-0.1, -0.05) is 48.5 Å². The molecule has 1 nitrogen and oxygen atoms in total. The van der Waals surface area contributed by atoms with Crippen molar-refractivity contribution in [1.29, 1.82) is 0 Å². The Kier molecular flexibility index (Phi) is 3.57. The molecule has 0 aromatic heterocycles. The minimum absolute atomic E-state index is 0.120. The summed E-state index contributed by atoms with van der Waals surface area (Å²) < 4.78 is 0. The van der Waals surface area contributed by atoms with Gasteiger partial charge in [0.25, 0.3) is 0 Å². The number of hydrogen-bond donors (Lipinski definition) is 0. The first kappa shape index (κ1) is 13.7. The lowest BCUT2D eigenvalue weighted by Crippen LogP contribution is -2.44. The first-order valence-electron chi connectivity index (χ1n) is 6.57. The molecule has 0 spiro atoms. The van der Waals surface area contributed by atoms with Crippen LogP contribution in [-0.4, -0.2) is 5.78 Å². The van der Waals surface area contributed by atoms with Crippen molar-refractivity contribution in [3.63, 3.8) is 0 Å². The third-order valence-corrected chi connectivity index (χ3v) is 4.05. The molecule has 1 unspecified atom stereocenters. The van der Waals surface area contributed by atoms with E-state index in [4.69, 9.17) is 0 Å². The number of rotatable bonds is 0. The summed E-state index contributed by atoms with van der Waals surface area (Å²) in [6.45, 7) is 15.5. The Morgan fingerprint density at radius 1 is 0.875 bits per heavy atom. The molecule has 0 heterocycles. The second-order valence-electron chi connectivity index (χ2n) is 7.82. The number of ketones is 1. The van der Waals surface area contributed by atoms with Gasteiger partial charge in [-0.05, 0) is 29.6 Å². The SMILES string of the molecule is CC1C[C@@H](C(C)(C)C)C(=O)[C@@H](C(C)(C)C)C1. The lowest BCUT2D eigenvalue weighted by atomic mass is 9.60. The lowest BCUT2D eigenvalue weighted by Gasteiger charge is -2.43. The van der Waals surface area contributed by atoms with Gasteiger partial charge in [-0.25, -0.2) is 0 Å². The van der Waals surface area contributed by atoms with Crippen LogP contribution in [0.2, 0.25) is 0 Å². The topological polar surface area (TPSA) is 17.1 Å². The van der Waals surface area contributed by atoms with Crippen LogP contribution in [0.4, 0.5) is 0 Å². The number of carbonyl (C=O) groups excluding carboxylic acids is 1. The van der Waals surface area contributed by atoms with Crippen LogP contribution in [0.5, 0.6) is 0 Å². The van der Waals surface area contributed by atoms with E-state index >= 15 is 0 Å². The normalized spacial score (nSPS) is 32.9. The summed E-state index contributed by atoms with van der Waals surface area (Å²) in [5.74, 6) is 1.70. The van der Waals surface area contributed by atoms with E-state index in [1.807, 2.05) is 0 Å². The Labute approximate surface area is 101 Å². The van der Waals surface area contributed by atoms with Gasteiger partial charge in [-0.3, -0.25) is 4.79 Å². The zero-order valence-corrected chi connectivity index (χ0v) is 12.1. The number of Topliss-reactive ketones (excluding diaryl/α,β-unsaturated/α-hetero) is 1. The van der Waals surface area contributed by atoms with Gasteiger partial charge < -0.3 is 0 Å². The molecular formula is C15H28O. The van der Waals surface area contributed by atoms with E-state index in [1.54, 1.807) is 0 Å². The third kappa shape index (κ3) is 2.87. The number of carbonyl (C=O) groups is 1. The first-order chi connectivity index (χ1) is 7.03. The molecule has 0 N–H and O–H groups in total. The monoisotopic (exact) mass is 224 g/mol. The highest BCUT2D eigenvalue weighted by Gasteiger charge is 2.44. The van der Waals surface area contributed by atoms with Gasteiger partial charge in [0.05, 0.1) is 0 Å². The first-order valence-corrected chi connectivity index (χ1v) is 6.57. The maximum atomic E-state index is 12.6. The van der Waals surface area contributed by atoms with E-state index in [0.717, 1.165) is 12.8 Å². The van der Waals surface area contributed by atoms with Crippen molar-refractivity contribution < 1.29 is 4.79 Å². The maximum Gasteiger partial charge on any atom is 0.140 e. The Balaban J connectivity index is 2.96. The van der Waals surface area contributed by atoms with Crippen LogP contribution in [0, 0.1) is 28.6 Å². The lowest BCUT2D eigenvalue weighted by molar-refractivity contribution is -0.138. The van der Waals surface area contributed by atoms with E-state index in [1.165, 1.54) is 0 Å². The van der Waals surface area contributed by atoms with Crippen LogP contribution in [0.15, 0.2) is 0 Å². The van der Waals surface area contributed by atoms with Crippen LogP contribution in [0.25, 0.3) is 0 Å². The Morgan fingerprint density at radius 2 is 1.19 bits per heavy atom. The molecule has 16 heavy (non-hydrogen) atoms. The molecule has 1 aliphatic rings. The van der Waals surface area contributed by atoms with E-state index in [9.17, 15) is 4.79 Å². The highest BCUT2D eigenvalue weighted by Crippen LogP contribution is 2.45. The van der Waals surface area contributed by atoms with Crippen molar-refractivity contribution in [2.45, 2.75) is 61.3 Å². The van der Waals surface area contributed by atoms with Gasteiger partial charge in [-0.2, -0.15) is 0 Å². The summed E-state index contributed by atoms with van der Waals surface area (Å²) >= 11 is 0. The molecule has 0 radical (unpaired) electrons. The zero-order chi connectivity index (χ0) is 12.7. The van der Waals surface area contributed by atoms with E-state index < -0.39 is 0 Å². The predicted octanol–water partition coefficient (Wildman–Crippen LogP) is 4.31. The minimum atomic E-state index is 0.120. The fourth-order valence-electron chi connectivity index (χ4n) is 2.94. The Hall–Kier alpha value is -0.330. The van der Waals surface area contributed by atoms with Crippen molar-refractivity contribution in [2.24, 2.45) is 28.6 Å². The molecule has 0 aliphatic heterocycles. The molecule has 1 saturated carbocycles. The predicted molar refractivity (Wildman–Crippen MR) is 69.3 cm³/mol. The van der Waals surface area contributed by atoms with Crippen LogP contribution < -0.4 is 0 Å². The molecular weight excluding hydrogens is 196 g/mol. The molecule has 0 aromatic rings. The average molecular weight is 224 g/mol. The molecule has 1 rings (SSSR count). The van der Waals surface area contributed by atoms with Crippen LogP contribution in [0.3, 0.4) is 0 Å². The highest BCUT2D eigenvalue weighted by atomic mass is 16.1. The maximum absolute atomic E-state index is 12.6. The molecule has 1 aliphatic carbocycles. The Morgan fingerprint density at radius 3 is 1.44 bits per heavy atom. The minimum Gasteiger partial charge on any atom is -0.299 e. The van der Waals surface area contributed by atoms with E-state index in [2.05, 4.69) is 48.5 Å². The zero-order valence-electron chi connectivity index (χ0n) is 12.1. The molecule has 1 heteroatoms. The molecule has 0 amide bonds. The van der Waals surface area contributed by atoms with Gasteiger partial charge in [0.2, 0.25) is 0 Å². The molecule has 1 fully saturated rings. The second kappa shape index (κ2) is 4.16. The third-order valence-electron chi connectivity index (χ3n) is 4.05. The van der Waals surface area contributed by atoms with Crippen LogP contribution in [0.1, 0.15) is 61.3 Å². The second-order valence-corrected chi connectivity index (χ2v) is 7.82. The summed E-state index contributed by atoms with van der Waals surface area (Å²) in [4.78, 5) is 12.6. The molecule has 0 aromatic carbocycles. The van der Waals surface area contributed by atoms with Crippen LogP contribution in [-0.2, 0) is 4.79 Å². The van der Waals surface area contributed by atoms with Crippen molar-refractivity contribution in [3.8, 4) is 0 Å². The van der Waals surface area contributed by atoms with Gasteiger partial charge in [0.1, 0.15) is 5.78 Å². The van der Waals surface area contributed by atoms with Gasteiger partial charge in [0.15, 0.2) is 0 Å². The summed E-state index contributed by atoms with van der Waals surface area (Å²) in [7, 11) is 0. The Bertz CT molecular complexity index is 238. The molecule has 94 valence electrons. The molecule has 0 bridgehead atoms. The van der Waals surface area contributed by atoms with Crippen LogP contribution >= 0.6 is 0 Å². The van der Waals surface area contributed by atoms with Crippen molar-refractivity contribution in [3.05, 3.63) is 0 Å². The van der Waals surface area contributed by atoms with Crippen molar-refractivity contribution in [1.82, 2.24) is 0 Å². The fraction of sp³-hybridized carbons (Fsp3) is 0.933. The summed E-state index contributed by atoms with van der Waals surface area (Å²) in [6, 6.07) is 0. The number of hydrogen-bond acceptors (Lipinski definition) is 1.